The van der Waals surface area contributed by atoms with Crippen molar-refractivity contribution in [2.45, 2.75) is 13.0 Å². The van der Waals surface area contributed by atoms with Gasteiger partial charge in [-0.15, -0.1) is 0 Å². The first-order chi connectivity index (χ1) is 14.2. The second-order valence-electron chi connectivity index (χ2n) is 5.81. The van der Waals surface area contributed by atoms with Gasteiger partial charge in [0, 0.05) is 6.21 Å². The Morgan fingerprint density at radius 2 is 1.57 bits per heavy atom. The molecule has 30 heavy (non-hydrogen) atoms. The van der Waals surface area contributed by atoms with E-state index < -0.39 is 64.6 Å². The molecule has 0 radical (unpaired) electrons. The highest BCUT2D eigenvalue weighted by atomic mass is 19.2. The molecule has 2 N–H and O–H groups in total. The molecule has 10 heteroatoms. The fourth-order valence-corrected chi connectivity index (χ4v) is 2.45. The van der Waals surface area contributed by atoms with Gasteiger partial charge in [-0.25, -0.2) is 26.7 Å². The Kier molecular flexibility index (Phi) is 7.65. The van der Waals surface area contributed by atoms with E-state index in [1.54, 1.807) is 30.3 Å². The summed E-state index contributed by atoms with van der Waals surface area (Å²) in [5.41, 5.74) is -2.18. The average Bonchev–Trinajstić information content (AvgIpc) is 2.74. The molecule has 0 saturated carbocycles. The van der Waals surface area contributed by atoms with E-state index in [4.69, 9.17) is 0 Å². The normalized spacial score (nSPS) is 13.3. The van der Waals surface area contributed by atoms with Crippen molar-refractivity contribution in [1.82, 2.24) is 0 Å². The van der Waals surface area contributed by atoms with Crippen molar-refractivity contribution in [3.63, 3.8) is 0 Å². The molecule has 0 bridgehead atoms. The Bertz CT molecular complexity index is 963. The third-order valence-corrected chi connectivity index (χ3v) is 3.94. The van der Waals surface area contributed by atoms with Crippen molar-refractivity contribution in [2.75, 3.05) is 13.2 Å². The van der Waals surface area contributed by atoms with E-state index in [0.29, 0.717) is 11.8 Å². The highest BCUT2D eigenvalue weighted by Gasteiger charge is 2.30. The van der Waals surface area contributed by atoms with Gasteiger partial charge in [0.05, 0.1) is 24.8 Å². The van der Waals surface area contributed by atoms with Crippen molar-refractivity contribution in [3.8, 4) is 0 Å². The largest absolute Gasteiger partial charge is 0.506 e. The molecule has 160 valence electrons. The van der Waals surface area contributed by atoms with E-state index in [1.165, 1.54) is 6.92 Å². The van der Waals surface area contributed by atoms with Crippen molar-refractivity contribution in [1.29, 1.82) is 0 Å². The molecule has 0 fully saturated rings. The highest BCUT2D eigenvalue weighted by Crippen LogP contribution is 2.29. The van der Waals surface area contributed by atoms with Crippen LogP contribution in [0.3, 0.4) is 0 Å². The standard InChI is InChI=1S/C20H16F5NO4/c1-2-30-20(29)11(8-26-12(9-27)10-6-4-3-5-7-10)19(28)13-14(21)16(23)18(25)17(24)15(13)22/h3-8,12,27-28H,2,9H2,1H3/t12-/m1/s1. The van der Waals surface area contributed by atoms with Gasteiger partial charge < -0.3 is 14.9 Å². The molecule has 0 heterocycles. The van der Waals surface area contributed by atoms with Gasteiger partial charge in [-0.2, -0.15) is 0 Å². The number of aliphatic hydroxyl groups is 2. The number of esters is 1. The summed E-state index contributed by atoms with van der Waals surface area (Å²) in [6, 6.07) is 7.22. The van der Waals surface area contributed by atoms with E-state index in [1.807, 2.05) is 0 Å². The second-order valence-corrected chi connectivity index (χ2v) is 5.81. The summed E-state index contributed by atoms with van der Waals surface area (Å²) < 4.78 is 73.0. The Labute approximate surface area is 167 Å². The Morgan fingerprint density at radius 1 is 1.03 bits per heavy atom. The molecule has 2 aromatic rings. The van der Waals surface area contributed by atoms with Crippen LogP contribution in [0.4, 0.5) is 22.0 Å². The van der Waals surface area contributed by atoms with Gasteiger partial charge >= 0.3 is 5.97 Å². The van der Waals surface area contributed by atoms with Gasteiger partial charge in [-0.3, -0.25) is 4.99 Å². The molecule has 0 saturated heterocycles. The fourth-order valence-electron chi connectivity index (χ4n) is 2.45. The minimum absolute atomic E-state index is 0.220. The lowest BCUT2D eigenvalue weighted by molar-refractivity contribution is -0.137. The maximum Gasteiger partial charge on any atom is 0.343 e. The Morgan fingerprint density at radius 3 is 2.07 bits per heavy atom. The monoisotopic (exact) mass is 429 g/mol. The SMILES string of the molecule is CCOC(=O)C(C=N[C@H](CO)c1ccccc1)=C(O)c1c(F)c(F)c(F)c(F)c1F. The minimum Gasteiger partial charge on any atom is -0.506 e. The van der Waals surface area contributed by atoms with Gasteiger partial charge in [-0.05, 0) is 12.5 Å². The number of hydrogen-bond acceptors (Lipinski definition) is 5. The van der Waals surface area contributed by atoms with Crippen LogP contribution < -0.4 is 0 Å². The molecule has 2 aromatic carbocycles. The maximum atomic E-state index is 14.0. The molecule has 0 spiro atoms. The summed E-state index contributed by atoms with van der Waals surface area (Å²) in [5.74, 6) is -14.6. The number of nitrogens with zero attached hydrogens (tertiary/aromatic N) is 1. The fraction of sp³-hybridized carbons (Fsp3) is 0.200. The van der Waals surface area contributed by atoms with Crippen LogP contribution in [0.1, 0.15) is 24.1 Å². The third-order valence-electron chi connectivity index (χ3n) is 3.94. The van der Waals surface area contributed by atoms with Crippen LogP contribution in [0.25, 0.3) is 5.76 Å². The maximum absolute atomic E-state index is 14.0. The molecule has 0 unspecified atom stereocenters. The Balaban J connectivity index is 2.65. The van der Waals surface area contributed by atoms with Crippen LogP contribution in [-0.4, -0.2) is 35.6 Å². The molecule has 1 atom stereocenters. The quantitative estimate of drug-likeness (QED) is 0.133. The van der Waals surface area contributed by atoms with Gasteiger partial charge in [-0.1, -0.05) is 30.3 Å². The summed E-state index contributed by atoms with van der Waals surface area (Å²) in [5, 5.41) is 19.7. The number of carbonyl (C=O) groups is 1. The number of hydrogen-bond donors (Lipinski definition) is 2. The summed E-state index contributed by atoms with van der Waals surface area (Å²) in [6.07, 6.45) is 0.638. The van der Waals surface area contributed by atoms with Gasteiger partial charge in [0.2, 0.25) is 5.82 Å². The van der Waals surface area contributed by atoms with Crippen LogP contribution in [-0.2, 0) is 9.53 Å². The lowest BCUT2D eigenvalue weighted by Gasteiger charge is -2.12. The van der Waals surface area contributed by atoms with Crippen molar-refractivity contribution >= 4 is 17.9 Å². The zero-order chi connectivity index (χ0) is 22.4. The number of rotatable bonds is 7. The lowest BCUT2D eigenvalue weighted by atomic mass is 10.1. The summed E-state index contributed by atoms with van der Waals surface area (Å²) >= 11 is 0. The van der Waals surface area contributed by atoms with E-state index in [9.17, 15) is 37.0 Å². The first-order valence-corrected chi connectivity index (χ1v) is 8.55. The highest BCUT2D eigenvalue weighted by molar-refractivity contribution is 6.15. The summed E-state index contributed by atoms with van der Waals surface area (Å²) in [7, 11) is 0. The van der Waals surface area contributed by atoms with E-state index in [-0.39, 0.29) is 6.61 Å². The summed E-state index contributed by atoms with van der Waals surface area (Å²) in [6.45, 7) is 0.630. The van der Waals surface area contributed by atoms with Crippen LogP contribution in [0, 0.1) is 29.1 Å². The number of carbonyl (C=O) groups excluding carboxylic acids is 1. The van der Waals surface area contributed by atoms with Gasteiger partial charge in [0.1, 0.15) is 11.3 Å². The van der Waals surface area contributed by atoms with Crippen molar-refractivity contribution in [3.05, 3.63) is 76.1 Å². The van der Waals surface area contributed by atoms with Crippen molar-refractivity contribution < 1.29 is 41.7 Å². The molecule has 5 nitrogen and oxygen atoms in total. The van der Waals surface area contributed by atoms with Crippen LogP contribution in [0.15, 0.2) is 40.9 Å². The molecule has 0 aliphatic rings. The molecular weight excluding hydrogens is 413 g/mol. The predicted octanol–water partition coefficient (Wildman–Crippen LogP) is 4.02. The molecule has 0 aromatic heterocycles. The van der Waals surface area contributed by atoms with Gasteiger partial charge in [0.15, 0.2) is 23.3 Å². The zero-order valence-corrected chi connectivity index (χ0v) is 15.5. The number of aliphatic hydroxyl groups excluding tert-OH is 2. The first kappa shape index (κ1) is 23.0. The molecule has 0 aliphatic heterocycles. The minimum atomic E-state index is -2.42. The molecular formula is C20H16F5NO4. The van der Waals surface area contributed by atoms with E-state index in [2.05, 4.69) is 9.73 Å². The lowest BCUT2D eigenvalue weighted by Crippen LogP contribution is -2.15. The number of aliphatic imine (C=N–C) groups is 1. The number of benzene rings is 2. The van der Waals surface area contributed by atoms with E-state index >= 15 is 0 Å². The summed E-state index contributed by atoms with van der Waals surface area (Å²) in [4.78, 5) is 16.0. The van der Waals surface area contributed by atoms with Crippen LogP contribution in [0.5, 0.6) is 0 Å². The zero-order valence-electron chi connectivity index (χ0n) is 15.5. The first-order valence-electron chi connectivity index (χ1n) is 8.55. The molecule has 0 aliphatic carbocycles. The number of halogens is 5. The second kappa shape index (κ2) is 9.97. The molecule has 2 rings (SSSR count). The third kappa shape index (κ3) is 4.65. The predicted molar refractivity (Wildman–Crippen MR) is 97.2 cm³/mol. The molecule has 0 amide bonds. The van der Waals surface area contributed by atoms with Gasteiger partial charge in [0.25, 0.3) is 0 Å². The van der Waals surface area contributed by atoms with Crippen LogP contribution in [0.2, 0.25) is 0 Å². The topological polar surface area (TPSA) is 79.1 Å². The number of ether oxygens (including phenoxy) is 1. The van der Waals surface area contributed by atoms with Crippen molar-refractivity contribution in [2.24, 2.45) is 4.99 Å². The Hall–Kier alpha value is -3.27. The smallest absolute Gasteiger partial charge is 0.343 e. The average molecular weight is 429 g/mol. The van der Waals surface area contributed by atoms with E-state index in [0.717, 1.165) is 0 Å². The van der Waals surface area contributed by atoms with Crippen LogP contribution >= 0.6 is 0 Å².